The van der Waals surface area contributed by atoms with Crippen LogP contribution < -0.4 is 0 Å². The van der Waals surface area contributed by atoms with Crippen LogP contribution in [0.5, 0.6) is 0 Å². The molecule has 6 nitrogen and oxygen atoms in total. The standard InChI is InChI=1S/C77H124O6/c1-4-7-10-13-16-19-22-25-28-31-33-35-36-37-38-39-40-42-43-46-49-52-55-58-61-64-67-70-76(79)82-73-74(72-81-75(78)69-66-63-60-57-54-51-48-45-30-27-24-21-18-15-12-9-6-3)83-77(80)71-68-65-62-59-56-53-50-47-44-41-34-32-29-26-23-20-17-14-11-8-5-2/h7,9-10,12,16,18-19,21,25,27-28,30,32-35,37-38,40,42,46,48-49,51,57,60,74H,4-6,8,11,13-15,17,20,22-24,26,29,31,36,39,41,43-45,47,50,52-56,58-59,61-73H2,1-3H3/b10-7-,12-9-,19-16-,21-18-,28-25-,30-27-,34-32-,35-33-,38-37-,42-40-,49-46-,51-48-,60-57-. The Hall–Kier alpha value is -4.97. The lowest BCUT2D eigenvalue weighted by molar-refractivity contribution is -0.167. The minimum atomic E-state index is -0.820. The van der Waals surface area contributed by atoms with Crippen molar-refractivity contribution in [2.45, 2.75) is 297 Å². The van der Waals surface area contributed by atoms with Gasteiger partial charge < -0.3 is 14.2 Å². The maximum absolute atomic E-state index is 13.0. The summed E-state index contributed by atoms with van der Waals surface area (Å²) < 4.78 is 16.9. The predicted octanol–water partition coefficient (Wildman–Crippen LogP) is 23.7. The molecule has 83 heavy (non-hydrogen) atoms. The summed E-state index contributed by atoms with van der Waals surface area (Å²) in [6.07, 6.45) is 101. The van der Waals surface area contributed by atoms with E-state index in [0.29, 0.717) is 19.3 Å². The Morgan fingerprint density at radius 3 is 0.795 bits per heavy atom. The molecule has 0 rings (SSSR count). The molecule has 1 atom stereocenters. The second kappa shape index (κ2) is 69.5. The highest BCUT2D eigenvalue weighted by molar-refractivity contribution is 5.71. The van der Waals surface area contributed by atoms with Crippen LogP contribution in [0.4, 0.5) is 0 Å². The molecule has 0 aromatic heterocycles. The molecule has 0 heterocycles. The van der Waals surface area contributed by atoms with Crippen molar-refractivity contribution in [3.05, 3.63) is 158 Å². The van der Waals surface area contributed by atoms with Crippen LogP contribution >= 0.6 is 0 Å². The lowest BCUT2D eigenvalue weighted by Gasteiger charge is -2.18. The number of hydrogen-bond acceptors (Lipinski definition) is 6. The molecular formula is C77H124O6. The molecule has 0 spiro atoms. The molecule has 468 valence electrons. The average Bonchev–Trinajstić information content (AvgIpc) is 3.49. The first-order chi connectivity index (χ1) is 41.0. The second-order valence-corrected chi connectivity index (χ2v) is 22.0. The highest BCUT2D eigenvalue weighted by Crippen LogP contribution is 2.15. The Morgan fingerprint density at radius 1 is 0.253 bits per heavy atom. The van der Waals surface area contributed by atoms with Crippen LogP contribution in [0, 0.1) is 0 Å². The van der Waals surface area contributed by atoms with Crippen molar-refractivity contribution < 1.29 is 28.6 Å². The maximum Gasteiger partial charge on any atom is 0.306 e. The van der Waals surface area contributed by atoms with E-state index in [9.17, 15) is 14.4 Å². The van der Waals surface area contributed by atoms with Crippen LogP contribution in [0.1, 0.15) is 290 Å². The zero-order chi connectivity index (χ0) is 59.9. The number of hydrogen-bond donors (Lipinski definition) is 0. The highest BCUT2D eigenvalue weighted by atomic mass is 16.6. The van der Waals surface area contributed by atoms with Gasteiger partial charge in [0.1, 0.15) is 13.2 Å². The van der Waals surface area contributed by atoms with Crippen LogP contribution in [0.25, 0.3) is 0 Å². The van der Waals surface area contributed by atoms with Gasteiger partial charge in [-0.1, -0.05) is 288 Å². The van der Waals surface area contributed by atoms with E-state index >= 15 is 0 Å². The Kier molecular flexibility index (Phi) is 65.4. The molecule has 0 saturated carbocycles. The topological polar surface area (TPSA) is 78.9 Å². The summed E-state index contributed by atoms with van der Waals surface area (Å²) in [6.45, 7) is 6.36. The van der Waals surface area contributed by atoms with Crippen LogP contribution in [-0.4, -0.2) is 37.2 Å². The van der Waals surface area contributed by atoms with Gasteiger partial charge in [-0.05, 0) is 141 Å². The normalized spacial score (nSPS) is 13.1. The molecule has 0 aliphatic heterocycles. The highest BCUT2D eigenvalue weighted by Gasteiger charge is 2.19. The van der Waals surface area contributed by atoms with Crippen LogP contribution in [0.2, 0.25) is 0 Å². The molecule has 1 unspecified atom stereocenters. The van der Waals surface area contributed by atoms with E-state index in [1.807, 2.05) is 0 Å². The van der Waals surface area contributed by atoms with E-state index in [2.05, 4.69) is 179 Å². The van der Waals surface area contributed by atoms with Crippen LogP contribution in [0.3, 0.4) is 0 Å². The fourth-order valence-electron chi connectivity index (χ4n) is 8.98. The lowest BCUT2D eigenvalue weighted by Crippen LogP contribution is -2.30. The van der Waals surface area contributed by atoms with Crippen LogP contribution in [0.15, 0.2) is 158 Å². The number of ether oxygens (including phenoxy) is 3. The smallest absolute Gasteiger partial charge is 0.306 e. The van der Waals surface area contributed by atoms with Gasteiger partial charge in [-0.3, -0.25) is 14.4 Å². The summed E-state index contributed by atoms with van der Waals surface area (Å²) in [5, 5.41) is 0. The fourth-order valence-corrected chi connectivity index (χ4v) is 8.98. The van der Waals surface area contributed by atoms with Crippen molar-refractivity contribution in [3.63, 3.8) is 0 Å². The number of esters is 3. The summed E-state index contributed by atoms with van der Waals surface area (Å²) in [6, 6.07) is 0. The van der Waals surface area contributed by atoms with Gasteiger partial charge in [0.05, 0.1) is 0 Å². The van der Waals surface area contributed by atoms with E-state index in [-0.39, 0.29) is 37.5 Å². The van der Waals surface area contributed by atoms with Gasteiger partial charge in [-0.15, -0.1) is 0 Å². The monoisotopic (exact) mass is 1140 g/mol. The molecule has 0 aliphatic rings. The molecule has 0 fully saturated rings. The van der Waals surface area contributed by atoms with E-state index in [1.165, 1.54) is 103 Å². The minimum Gasteiger partial charge on any atom is -0.462 e. The molecule has 0 radical (unpaired) electrons. The third kappa shape index (κ3) is 67.7. The average molecular weight is 1150 g/mol. The molecule has 0 N–H and O–H groups in total. The van der Waals surface area contributed by atoms with Crippen molar-refractivity contribution in [3.8, 4) is 0 Å². The molecule has 0 aromatic carbocycles. The summed E-state index contributed by atoms with van der Waals surface area (Å²) in [5.41, 5.74) is 0. The fraction of sp³-hybridized carbons (Fsp3) is 0.623. The number of unbranched alkanes of at least 4 members (excludes halogenated alkanes) is 23. The Bertz CT molecular complexity index is 1840. The van der Waals surface area contributed by atoms with Crippen molar-refractivity contribution in [2.24, 2.45) is 0 Å². The van der Waals surface area contributed by atoms with Gasteiger partial charge >= 0.3 is 17.9 Å². The molecular weight excluding hydrogens is 1020 g/mol. The van der Waals surface area contributed by atoms with E-state index < -0.39 is 6.10 Å². The number of allylic oxidation sites excluding steroid dienone is 26. The largest absolute Gasteiger partial charge is 0.462 e. The molecule has 0 amide bonds. The summed E-state index contributed by atoms with van der Waals surface area (Å²) >= 11 is 0. The maximum atomic E-state index is 13.0. The Labute approximate surface area is 511 Å². The molecule has 0 saturated heterocycles. The van der Waals surface area contributed by atoms with Crippen molar-refractivity contribution >= 4 is 17.9 Å². The summed E-state index contributed by atoms with van der Waals surface area (Å²) in [7, 11) is 0. The van der Waals surface area contributed by atoms with E-state index in [0.717, 1.165) is 141 Å². The van der Waals surface area contributed by atoms with Crippen LogP contribution in [-0.2, 0) is 28.6 Å². The lowest BCUT2D eigenvalue weighted by atomic mass is 10.1. The molecule has 0 aromatic rings. The summed E-state index contributed by atoms with van der Waals surface area (Å²) in [4.78, 5) is 38.4. The molecule has 0 aliphatic carbocycles. The molecule has 6 heteroatoms. The number of rotatable bonds is 60. The number of carbonyl (C=O) groups excluding carboxylic acids is 3. The first-order valence-corrected chi connectivity index (χ1v) is 34.0. The third-order valence-electron chi connectivity index (χ3n) is 14.0. The predicted molar refractivity (Wildman–Crippen MR) is 362 cm³/mol. The van der Waals surface area contributed by atoms with Gasteiger partial charge in [-0.2, -0.15) is 0 Å². The first-order valence-electron chi connectivity index (χ1n) is 34.0. The van der Waals surface area contributed by atoms with Gasteiger partial charge in [0, 0.05) is 19.3 Å². The van der Waals surface area contributed by atoms with E-state index in [1.54, 1.807) is 0 Å². The first kappa shape index (κ1) is 78.0. The zero-order valence-corrected chi connectivity index (χ0v) is 53.7. The third-order valence-corrected chi connectivity index (χ3v) is 14.0. The Morgan fingerprint density at radius 2 is 0.482 bits per heavy atom. The minimum absolute atomic E-state index is 0.113. The van der Waals surface area contributed by atoms with Gasteiger partial charge in [0.15, 0.2) is 6.10 Å². The van der Waals surface area contributed by atoms with Crippen molar-refractivity contribution in [1.29, 1.82) is 0 Å². The van der Waals surface area contributed by atoms with Gasteiger partial charge in [0.25, 0.3) is 0 Å². The molecule has 0 bridgehead atoms. The Balaban J connectivity index is 4.49. The zero-order valence-electron chi connectivity index (χ0n) is 53.7. The summed E-state index contributed by atoms with van der Waals surface area (Å²) in [5.74, 6) is -0.991. The quantitative estimate of drug-likeness (QED) is 0.0261. The van der Waals surface area contributed by atoms with Crippen molar-refractivity contribution in [2.75, 3.05) is 13.2 Å². The number of carbonyl (C=O) groups is 3. The van der Waals surface area contributed by atoms with E-state index in [4.69, 9.17) is 14.2 Å². The second-order valence-electron chi connectivity index (χ2n) is 22.0. The SMILES string of the molecule is CC/C=C\C/C=C\C/C=C\C/C=C\C/C=C\C/C=C\C/C=C\CCCCCCCC(=O)OCC(COC(=O)CCC/C=C\C/C=C\C/C=C\C/C=C\C/C=C\CC)OC(=O)CCCCCCCCCCC/C=C\CCCCCCCCCC. The van der Waals surface area contributed by atoms with Gasteiger partial charge in [0.2, 0.25) is 0 Å². The van der Waals surface area contributed by atoms with Crippen molar-refractivity contribution in [1.82, 2.24) is 0 Å². The van der Waals surface area contributed by atoms with Gasteiger partial charge in [-0.25, -0.2) is 0 Å².